The smallest absolute Gasteiger partial charge is 0.226 e. The Kier molecular flexibility index (Phi) is 4.61. The fraction of sp³-hybridized carbons (Fsp3) is 0.158. The summed E-state index contributed by atoms with van der Waals surface area (Å²) < 4.78 is 16.7. The van der Waals surface area contributed by atoms with Gasteiger partial charge in [0.2, 0.25) is 5.89 Å². The van der Waals surface area contributed by atoms with Crippen LogP contribution in [0.3, 0.4) is 0 Å². The first-order valence-corrected chi connectivity index (χ1v) is 7.49. The zero-order chi connectivity index (χ0) is 16.9. The molecule has 1 heterocycles. The van der Waals surface area contributed by atoms with Gasteiger partial charge in [0.1, 0.15) is 24.3 Å². The van der Waals surface area contributed by atoms with E-state index in [4.69, 9.17) is 13.9 Å². The number of carbonyl (C=O) groups excluding carboxylic acids is 1. The van der Waals surface area contributed by atoms with Gasteiger partial charge >= 0.3 is 0 Å². The number of aldehydes is 1. The van der Waals surface area contributed by atoms with Crippen molar-refractivity contribution in [1.29, 1.82) is 0 Å². The van der Waals surface area contributed by atoms with E-state index in [-0.39, 0.29) is 6.61 Å². The molecule has 0 unspecified atom stereocenters. The predicted octanol–water partition coefficient (Wildman–Crippen LogP) is 4.05. The van der Waals surface area contributed by atoms with Crippen LogP contribution in [0.4, 0.5) is 0 Å². The lowest BCUT2D eigenvalue weighted by atomic mass is 10.2. The van der Waals surface area contributed by atoms with Crippen LogP contribution in [-0.2, 0) is 6.61 Å². The summed E-state index contributed by atoms with van der Waals surface area (Å²) in [6.07, 6.45) is 0.765. The first-order chi connectivity index (χ1) is 11.7. The van der Waals surface area contributed by atoms with Gasteiger partial charge in [0.15, 0.2) is 11.5 Å². The molecule has 3 rings (SSSR count). The van der Waals surface area contributed by atoms with Crippen LogP contribution in [0.25, 0.3) is 11.5 Å². The Morgan fingerprint density at radius 3 is 2.62 bits per heavy atom. The summed E-state index contributed by atoms with van der Waals surface area (Å²) in [6.45, 7) is 2.07. The molecule has 0 saturated carbocycles. The average molecular weight is 323 g/mol. The lowest BCUT2D eigenvalue weighted by Crippen LogP contribution is -2.00. The van der Waals surface area contributed by atoms with E-state index in [9.17, 15) is 4.79 Å². The van der Waals surface area contributed by atoms with Crippen molar-refractivity contribution in [3.63, 3.8) is 0 Å². The van der Waals surface area contributed by atoms with Crippen molar-refractivity contribution in [1.82, 2.24) is 4.98 Å². The van der Waals surface area contributed by atoms with Crippen molar-refractivity contribution in [2.24, 2.45) is 0 Å². The van der Waals surface area contributed by atoms with E-state index in [1.807, 2.05) is 37.3 Å². The maximum Gasteiger partial charge on any atom is 0.226 e. The number of methoxy groups -OCH3 is 1. The molecule has 24 heavy (non-hydrogen) atoms. The third kappa shape index (κ3) is 3.30. The van der Waals surface area contributed by atoms with Crippen LogP contribution >= 0.6 is 0 Å². The maximum atomic E-state index is 10.9. The highest BCUT2D eigenvalue weighted by atomic mass is 16.5. The number of nitrogens with zero attached hydrogens (tertiary/aromatic N) is 1. The van der Waals surface area contributed by atoms with Crippen molar-refractivity contribution in [2.45, 2.75) is 13.5 Å². The molecular weight excluding hydrogens is 306 g/mol. The Balaban J connectivity index is 1.80. The lowest BCUT2D eigenvalue weighted by molar-refractivity contribution is 0.112. The third-order valence-corrected chi connectivity index (χ3v) is 3.60. The van der Waals surface area contributed by atoms with E-state index in [1.165, 1.54) is 0 Å². The van der Waals surface area contributed by atoms with Gasteiger partial charge in [-0.05, 0) is 37.3 Å². The van der Waals surface area contributed by atoms with Gasteiger partial charge in [0, 0.05) is 11.1 Å². The summed E-state index contributed by atoms with van der Waals surface area (Å²) in [5.74, 6) is 2.30. The number of carbonyl (C=O) groups is 1. The standard InChI is InChI=1S/C19H17NO4/c1-13-16(20-19(24-13)15-6-4-3-5-7-15)12-23-18-10-14(11-21)8-9-17(18)22-2/h3-11H,12H2,1-2H3. The fourth-order valence-electron chi connectivity index (χ4n) is 2.29. The highest BCUT2D eigenvalue weighted by Crippen LogP contribution is 2.29. The van der Waals surface area contributed by atoms with Gasteiger partial charge in [-0.2, -0.15) is 0 Å². The number of aromatic nitrogens is 1. The van der Waals surface area contributed by atoms with E-state index < -0.39 is 0 Å². The highest BCUT2D eigenvalue weighted by molar-refractivity contribution is 5.76. The van der Waals surface area contributed by atoms with Gasteiger partial charge in [-0.15, -0.1) is 0 Å². The summed E-state index contributed by atoms with van der Waals surface area (Å²) >= 11 is 0. The molecule has 0 bridgehead atoms. The molecule has 0 aliphatic rings. The molecule has 0 amide bonds. The second kappa shape index (κ2) is 7.00. The van der Waals surface area contributed by atoms with Crippen molar-refractivity contribution in [3.05, 3.63) is 65.5 Å². The SMILES string of the molecule is COc1ccc(C=O)cc1OCc1nc(-c2ccccc2)oc1C. The molecule has 0 N–H and O–H groups in total. The average Bonchev–Trinajstić information content (AvgIpc) is 3.01. The molecule has 0 atom stereocenters. The molecule has 3 aromatic rings. The van der Waals surface area contributed by atoms with Crippen LogP contribution in [-0.4, -0.2) is 18.4 Å². The molecule has 0 radical (unpaired) electrons. The molecule has 0 saturated heterocycles. The van der Waals surface area contributed by atoms with Gasteiger partial charge < -0.3 is 13.9 Å². The number of hydrogen-bond donors (Lipinski definition) is 0. The number of benzene rings is 2. The van der Waals surface area contributed by atoms with Gasteiger partial charge in [-0.25, -0.2) is 4.98 Å². The number of oxazole rings is 1. The summed E-state index contributed by atoms with van der Waals surface area (Å²) in [5.41, 5.74) is 2.13. The molecule has 1 aromatic heterocycles. The predicted molar refractivity (Wildman–Crippen MR) is 89.4 cm³/mol. The van der Waals surface area contributed by atoms with Crippen molar-refractivity contribution in [2.75, 3.05) is 7.11 Å². The highest BCUT2D eigenvalue weighted by Gasteiger charge is 2.13. The number of ether oxygens (including phenoxy) is 2. The van der Waals surface area contributed by atoms with E-state index >= 15 is 0 Å². The third-order valence-electron chi connectivity index (χ3n) is 3.60. The molecule has 0 spiro atoms. The van der Waals surface area contributed by atoms with Gasteiger partial charge in [0.25, 0.3) is 0 Å². The Morgan fingerprint density at radius 1 is 1.12 bits per heavy atom. The number of aryl methyl sites for hydroxylation is 1. The quantitative estimate of drug-likeness (QED) is 0.640. The summed E-state index contributed by atoms with van der Waals surface area (Å²) in [7, 11) is 1.55. The normalized spacial score (nSPS) is 10.4. The second-order valence-corrected chi connectivity index (χ2v) is 5.20. The first kappa shape index (κ1) is 15.8. The fourth-order valence-corrected chi connectivity index (χ4v) is 2.29. The van der Waals surface area contributed by atoms with Crippen molar-refractivity contribution >= 4 is 6.29 Å². The van der Waals surface area contributed by atoms with Crippen molar-refractivity contribution < 1.29 is 18.7 Å². The number of rotatable bonds is 6. The van der Waals surface area contributed by atoms with Crippen molar-refractivity contribution in [3.8, 4) is 23.0 Å². The zero-order valence-corrected chi connectivity index (χ0v) is 13.5. The molecule has 0 fully saturated rings. The molecule has 2 aromatic carbocycles. The Bertz CT molecular complexity index is 840. The van der Waals surface area contributed by atoms with E-state index in [0.717, 1.165) is 11.8 Å². The van der Waals surface area contributed by atoms with E-state index in [1.54, 1.807) is 25.3 Å². The molecule has 122 valence electrons. The Hall–Kier alpha value is -3.08. The minimum absolute atomic E-state index is 0.223. The lowest BCUT2D eigenvalue weighted by Gasteiger charge is -2.10. The molecular formula is C19H17NO4. The van der Waals surface area contributed by atoms with Crippen LogP contribution in [0, 0.1) is 6.92 Å². The first-order valence-electron chi connectivity index (χ1n) is 7.49. The summed E-state index contributed by atoms with van der Waals surface area (Å²) in [5, 5.41) is 0. The van der Waals surface area contributed by atoms with Crippen LogP contribution < -0.4 is 9.47 Å². The minimum Gasteiger partial charge on any atom is -0.493 e. The van der Waals surface area contributed by atoms with Crippen LogP contribution in [0.1, 0.15) is 21.8 Å². The topological polar surface area (TPSA) is 61.6 Å². The summed E-state index contributed by atoms with van der Waals surface area (Å²) in [4.78, 5) is 15.4. The van der Waals surface area contributed by atoms with E-state index in [2.05, 4.69) is 4.98 Å². The molecule has 0 aliphatic carbocycles. The Morgan fingerprint density at radius 2 is 1.92 bits per heavy atom. The van der Waals surface area contributed by atoms with E-state index in [0.29, 0.717) is 34.4 Å². The van der Waals surface area contributed by atoms with Crippen LogP contribution in [0.5, 0.6) is 11.5 Å². The molecule has 5 nitrogen and oxygen atoms in total. The van der Waals surface area contributed by atoms with Gasteiger partial charge in [-0.1, -0.05) is 18.2 Å². The zero-order valence-electron chi connectivity index (χ0n) is 13.5. The van der Waals surface area contributed by atoms with Crippen LogP contribution in [0.15, 0.2) is 52.9 Å². The largest absolute Gasteiger partial charge is 0.493 e. The van der Waals surface area contributed by atoms with Crippen LogP contribution in [0.2, 0.25) is 0 Å². The summed E-state index contributed by atoms with van der Waals surface area (Å²) in [6, 6.07) is 14.7. The Labute approximate surface area is 139 Å². The second-order valence-electron chi connectivity index (χ2n) is 5.20. The maximum absolute atomic E-state index is 10.9. The van der Waals surface area contributed by atoms with Gasteiger partial charge in [0.05, 0.1) is 7.11 Å². The molecule has 0 aliphatic heterocycles. The monoisotopic (exact) mass is 323 g/mol. The molecule has 5 heteroatoms. The number of hydrogen-bond acceptors (Lipinski definition) is 5. The minimum atomic E-state index is 0.223. The van der Waals surface area contributed by atoms with Gasteiger partial charge in [-0.3, -0.25) is 4.79 Å².